The van der Waals surface area contributed by atoms with Gasteiger partial charge in [0.1, 0.15) is 11.6 Å². The number of aromatic nitrogens is 2. The summed E-state index contributed by atoms with van der Waals surface area (Å²) in [7, 11) is 0. The average Bonchev–Trinajstić information content (AvgIpc) is 2.31. The molecular weight excluding hydrogens is 146 g/mol. The number of nitrogens with two attached hydrogens (primary N) is 1. The maximum atomic E-state index is 10.1. The van der Waals surface area contributed by atoms with Crippen LogP contribution in [0.2, 0.25) is 0 Å². The topological polar surface area (TPSA) is 92.0 Å². The van der Waals surface area contributed by atoms with Gasteiger partial charge in [-0.25, -0.2) is 4.98 Å². The van der Waals surface area contributed by atoms with Crippen molar-refractivity contribution in [3.8, 4) is 0 Å². The predicted octanol–water partition coefficient (Wildman–Crippen LogP) is 0.00910. The molecule has 1 aromatic heterocycles. The quantitative estimate of drug-likeness (QED) is 0.573. The van der Waals surface area contributed by atoms with Crippen LogP contribution in [0.4, 0.5) is 5.82 Å². The normalized spacial score (nSPS) is 9.82. The van der Waals surface area contributed by atoms with Gasteiger partial charge in [0.05, 0.1) is 12.6 Å². The van der Waals surface area contributed by atoms with Crippen molar-refractivity contribution >= 4 is 11.8 Å². The molecule has 1 heterocycles. The number of carboxylic acids is 1. The molecule has 60 valence electrons. The highest BCUT2D eigenvalue weighted by atomic mass is 16.4. The summed E-state index contributed by atoms with van der Waals surface area (Å²) in [5.41, 5.74) is 5.32. The standard InChI is InChI=1S/C6H9N3O2/c7-4-3-8-5(9-4)1-2-6(10)11/h3H,1-2,7H2,(H,8,9)(H,10,11). The van der Waals surface area contributed by atoms with Gasteiger partial charge < -0.3 is 15.8 Å². The fraction of sp³-hybridized carbons (Fsp3) is 0.333. The molecule has 0 aliphatic rings. The number of imidazole rings is 1. The molecule has 0 unspecified atom stereocenters. The molecule has 0 bridgehead atoms. The van der Waals surface area contributed by atoms with Crippen LogP contribution in [0.3, 0.4) is 0 Å². The second kappa shape index (κ2) is 3.05. The Balaban J connectivity index is 2.45. The first-order valence-corrected chi connectivity index (χ1v) is 3.19. The molecule has 0 atom stereocenters. The van der Waals surface area contributed by atoms with Crippen molar-refractivity contribution in [3.63, 3.8) is 0 Å². The maximum absolute atomic E-state index is 10.1. The van der Waals surface area contributed by atoms with E-state index in [0.29, 0.717) is 18.1 Å². The molecule has 11 heavy (non-hydrogen) atoms. The van der Waals surface area contributed by atoms with Crippen LogP contribution in [0.25, 0.3) is 0 Å². The number of aryl methyl sites for hydroxylation is 1. The van der Waals surface area contributed by atoms with E-state index in [1.807, 2.05) is 0 Å². The molecule has 0 spiro atoms. The number of nitrogens with zero attached hydrogens (tertiary/aromatic N) is 1. The third kappa shape index (κ3) is 2.29. The van der Waals surface area contributed by atoms with E-state index in [1.54, 1.807) is 0 Å². The van der Waals surface area contributed by atoms with Gasteiger partial charge >= 0.3 is 5.97 Å². The van der Waals surface area contributed by atoms with Gasteiger partial charge in [-0.15, -0.1) is 0 Å². The number of anilines is 1. The Labute approximate surface area is 63.3 Å². The monoisotopic (exact) mass is 155 g/mol. The van der Waals surface area contributed by atoms with Crippen LogP contribution >= 0.6 is 0 Å². The first-order chi connectivity index (χ1) is 5.18. The molecule has 0 aliphatic heterocycles. The van der Waals surface area contributed by atoms with Gasteiger partial charge in [0, 0.05) is 6.42 Å². The SMILES string of the molecule is Nc1cnc(CCC(=O)O)[nH]1. The van der Waals surface area contributed by atoms with E-state index in [2.05, 4.69) is 9.97 Å². The lowest BCUT2D eigenvalue weighted by molar-refractivity contribution is -0.137. The van der Waals surface area contributed by atoms with E-state index < -0.39 is 5.97 Å². The number of H-pyrrole nitrogens is 1. The van der Waals surface area contributed by atoms with Gasteiger partial charge in [0.25, 0.3) is 0 Å². The van der Waals surface area contributed by atoms with Crippen LogP contribution in [0.15, 0.2) is 6.20 Å². The van der Waals surface area contributed by atoms with Crippen molar-refractivity contribution in [2.45, 2.75) is 12.8 Å². The lowest BCUT2D eigenvalue weighted by Gasteiger charge is -1.90. The fourth-order valence-corrected chi connectivity index (χ4v) is 0.731. The highest BCUT2D eigenvalue weighted by molar-refractivity contribution is 5.66. The number of rotatable bonds is 3. The fourth-order valence-electron chi connectivity index (χ4n) is 0.731. The highest BCUT2D eigenvalue weighted by Crippen LogP contribution is 2.00. The third-order valence-electron chi connectivity index (χ3n) is 1.22. The molecule has 1 aromatic rings. The first-order valence-electron chi connectivity index (χ1n) is 3.19. The summed E-state index contributed by atoms with van der Waals surface area (Å²) >= 11 is 0. The number of carboxylic acid groups (broad SMARTS) is 1. The van der Waals surface area contributed by atoms with E-state index in [9.17, 15) is 4.79 Å². The first kappa shape index (κ1) is 7.59. The molecule has 0 fully saturated rings. The van der Waals surface area contributed by atoms with Gasteiger partial charge in [-0.05, 0) is 0 Å². The molecule has 4 N–H and O–H groups in total. The molecule has 0 amide bonds. The van der Waals surface area contributed by atoms with Crippen LogP contribution in [0.5, 0.6) is 0 Å². The largest absolute Gasteiger partial charge is 0.481 e. The Bertz CT molecular complexity index is 256. The van der Waals surface area contributed by atoms with Gasteiger partial charge in [-0.2, -0.15) is 0 Å². The van der Waals surface area contributed by atoms with Gasteiger partial charge in [0.15, 0.2) is 0 Å². The molecule has 5 nitrogen and oxygen atoms in total. The summed E-state index contributed by atoms with van der Waals surface area (Å²) in [5.74, 6) is 0.246. The van der Waals surface area contributed by atoms with Crippen molar-refractivity contribution < 1.29 is 9.90 Å². The zero-order valence-electron chi connectivity index (χ0n) is 5.87. The Morgan fingerprint density at radius 2 is 2.55 bits per heavy atom. The molecular formula is C6H9N3O2. The lowest BCUT2D eigenvalue weighted by atomic mass is 10.3. The van der Waals surface area contributed by atoms with Gasteiger partial charge in [-0.3, -0.25) is 4.79 Å². The van der Waals surface area contributed by atoms with Crippen molar-refractivity contribution in [3.05, 3.63) is 12.0 Å². The average molecular weight is 155 g/mol. The predicted molar refractivity (Wildman–Crippen MR) is 39.0 cm³/mol. The van der Waals surface area contributed by atoms with E-state index in [1.165, 1.54) is 6.20 Å². The van der Waals surface area contributed by atoms with Crippen molar-refractivity contribution in [1.29, 1.82) is 0 Å². The van der Waals surface area contributed by atoms with Crippen LogP contribution in [0.1, 0.15) is 12.2 Å². The smallest absolute Gasteiger partial charge is 0.303 e. The molecule has 0 aliphatic carbocycles. The van der Waals surface area contributed by atoms with Crippen LogP contribution < -0.4 is 5.73 Å². The summed E-state index contributed by atoms with van der Waals surface area (Å²) in [4.78, 5) is 16.7. The molecule has 0 radical (unpaired) electrons. The maximum Gasteiger partial charge on any atom is 0.303 e. The second-order valence-corrected chi connectivity index (χ2v) is 2.18. The number of hydrogen-bond donors (Lipinski definition) is 3. The number of hydrogen-bond acceptors (Lipinski definition) is 3. The summed E-state index contributed by atoms with van der Waals surface area (Å²) in [5, 5.41) is 8.31. The highest BCUT2D eigenvalue weighted by Gasteiger charge is 2.01. The molecule has 0 saturated carbocycles. The van der Waals surface area contributed by atoms with Crippen molar-refractivity contribution in [1.82, 2.24) is 9.97 Å². The number of nitrogens with one attached hydrogen (secondary N) is 1. The number of nitrogen functional groups attached to an aromatic ring is 1. The summed E-state index contributed by atoms with van der Waals surface area (Å²) in [6.07, 6.45) is 1.94. The zero-order valence-corrected chi connectivity index (χ0v) is 5.87. The number of carbonyl (C=O) groups is 1. The third-order valence-corrected chi connectivity index (χ3v) is 1.22. The summed E-state index contributed by atoms with van der Waals surface area (Å²) < 4.78 is 0. The zero-order chi connectivity index (χ0) is 8.27. The van der Waals surface area contributed by atoms with Gasteiger partial charge in [-0.1, -0.05) is 0 Å². The Hall–Kier alpha value is -1.52. The van der Waals surface area contributed by atoms with Crippen molar-refractivity contribution in [2.24, 2.45) is 0 Å². The van der Waals surface area contributed by atoms with Crippen LogP contribution in [-0.2, 0) is 11.2 Å². The number of aromatic amines is 1. The summed E-state index contributed by atoms with van der Waals surface area (Å²) in [6, 6.07) is 0. The van der Waals surface area contributed by atoms with E-state index >= 15 is 0 Å². The number of aliphatic carboxylic acids is 1. The van der Waals surface area contributed by atoms with Crippen LogP contribution in [0, 0.1) is 0 Å². The lowest BCUT2D eigenvalue weighted by Crippen LogP contribution is -1.98. The van der Waals surface area contributed by atoms with Crippen LogP contribution in [-0.4, -0.2) is 21.0 Å². The van der Waals surface area contributed by atoms with Gasteiger partial charge in [0.2, 0.25) is 0 Å². The summed E-state index contributed by atoms with van der Waals surface area (Å²) in [6.45, 7) is 0. The molecule has 0 aromatic carbocycles. The Morgan fingerprint density at radius 1 is 1.82 bits per heavy atom. The second-order valence-electron chi connectivity index (χ2n) is 2.18. The van der Waals surface area contributed by atoms with E-state index in [0.717, 1.165) is 0 Å². The Kier molecular flexibility index (Phi) is 2.10. The molecule has 0 saturated heterocycles. The molecule has 1 rings (SSSR count). The minimum absolute atomic E-state index is 0.0763. The minimum atomic E-state index is -0.833. The Morgan fingerprint density at radius 3 is 3.00 bits per heavy atom. The minimum Gasteiger partial charge on any atom is -0.481 e. The van der Waals surface area contributed by atoms with E-state index in [-0.39, 0.29) is 6.42 Å². The van der Waals surface area contributed by atoms with E-state index in [4.69, 9.17) is 10.8 Å². The molecule has 5 heteroatoms. The van der Waals surface area contributed by atoms with Crippen molar-refractivity contribution in [2.75, 3.05) is 5.73 Å².